The lowest BCUT2D eigenvalue weighted by molar-refractivity contribution is 0.0139. The number of aromatic nitrogens is 4. The van der Waals surface area contributed by atoms with Gasteiger partial charge < -0.3 is 24.6 Å². The number of carbonyl (C=O) groups excluding carboxylic acids is 1. The minimum atomic E-state index is -0.557. The Labute approximate surface area is 284 Å². The second-order valence-corrected chi connectivity index (χ2v) is 13.3. The highest BCUT2D eigenvalue weighted by atomic mass is 35.5. The Balaban J connectivity index is 1.27. The number of fused-ring (bicyclic) bond motifs is 1. The first-order valence-corrected chi connectivity index (χ1v) is 16.2. The van der Waals surface area contributed by atoms with Crippen molar-refractivity contribution in [3.8, 4) is 17.9 Å². The van der Waals surface area contributed by atoms with Crippen LogP contribution in [0.3, 0.4) is 0 Å². The van der Waals surface area contributed by atoms with Gasteiger partial charge in [-0.15, -0.1) is 5.10 Å². The van der Waals surface area contributed by atoms with E-state index in [0.29, 0.717) is 67.0 Å². The van der Waals surface area contributed by atoms with E-state index >= 15 is 0 Å². The van der Waals surface area contributed by atoms with Crippen molar-refractivity contribution in [2.45, 2.75) is 58.3 Å². The third-order valence-corrected chi connectivity index (χ3v) is 8.62. The summed E-state index contributed by atoms with van der Waals surface area (Å²) < 4.78 is 12.3. The maximum Gasteiger partial charge on any atom is 0.410 e. The number of rotatable bonds is 9. The van der Waals surface area contributed by atoms with E-state index in [-0.39, 0.29) is 23.8 Å². The Hall–Kier alpha value is -5.11. The second-order valence-electron chi connectivity index (χ2n) is 12.9. The molecule has 2 fully saturated rings. The van der Waals surface area contributed by atoms with Crippen LogP contribution in [0.2, 0.25) is 5.02 Å². The van der Waals surface area contributed by atoms with Gasteiger partial charge in [-0.3, -0.25) is 4.90 Å². The Bertz CT molecular complexity index is 1900. The van der Waals surface area contributed by atoms with Gasteiger partial charge in [0.1, 0.15) is 17.4 Å². The third kappa shape index (κ3) is 7.38. The van der Waals surface area contributed by atoms with Crippen molar-refractivity contribution in [1.82, 2.24) is 29.4 Å². The number of benzene rings is 2. The van der Waals surface area contributed by atoms with Crippen LogP contribution in [0.5, 0.6) is 5.75 Å². The summed E-state index contributed by atoms with van der Waals surface area (Å²) in [6.45, 7) is 8.90. The molecule has 3 heterocycles. The first-order chi connectivity index (χ1) is 23.0. The number of halogens is 1. The molecule has 6 rings (SSSR count). The van der Waals surface area contributed by atoms with Crippen LogP contribution < -0.4 is 15.0 Å². The highest BCUT2D eigenvalue weighted by molar-refractivity contribution is 6.34. The average Bonchev–Trinajstić information content (AvgIpc) is 3.83. The van der Waals surface area contributed by atoms with Crippen LogP contribution in [-0.2, 0) is 17.8 Å². The molecule has 248 valence electrons. The zero-order chi connectivity index (χ0) is 34.0. The molecule has 1 saturated heterocycles. The van der Waals surface area contributed by atoms with E-state index in [2.05, 4.69) is 37.3 Å². The van der Waals surface area contributed by atoms with Crippen molar-refractivity contribution >= 4 is 40.8 Å². The largest absolute Gasteiger partial charge is 0.497 e. The van der Waals surface area contributed by atoms with E-state index < -0.39 is 5.60 Å². The highest BCUT2D eigenvalue weighted by Gasteiger charge is 2.33. The maximum atomic E-state index is 12.5. The van der Waals surface area contributed by atoms with Gasteiger partial charge in [0.25, 0.3) is 0 Å². The van der Waals surface area contributed by atoms with Crippen molar-refractivity contribution in [1.29, 1.82) is 10.5 Å². The van der Waals surface area contributed by atoms with E-state index in [0.717, 1.165) is 29.7 Å². The minimum Gasteiger partial charge on any atom is -0.497 e. The van der Waals surface area contributed by atoms with Gasteiger partial charge in [0.05, 0.1) is 35.6 Å². The normalized spacial score (nSPS) is 15.1. The first kappa shape index (κ1) is 32.8. The van der Waals surface area contributed by atoms with Crippen LogP contribution in [0.4, 0.5) is 22.2 Å². The molecule has 0 spiro atoms. The number of carbonyl (C=O) groups is 1. The monoisotopic (exact) mass is 668 g/mol. The number of amides is 1. The van der Waals surface area contributed by atoms with E-state index in [1.807, 2.05) is 45.0 Å². The Morgan fingerprint density at radius 3 is 2.46 bits per heavy atom. The topological polar surface area (TPSA) is 148 Å². The van der Waals surface area contributed by atoms with Crippen LogP contribution in [-0.4, -0.2) is 80.4 Å². The quantitative estimate of drug-likeness (QED) is 0.241. The van der Waals surface area contributed by atoms with Gasteiger partial charge in [-0.1, -0.05) is 23.7 Å². The van der Waals surface area contributed by atoms with E-state index in [1.165, 1.54) is 10.7 Å². The summed E-state index contributed by atoms with van der Waals surface area (Å²) in [6.07, 6.45) is 3.18. The number of nitrogens with one attached hydrogen (secondary N) is 1. The standard InChI is InChI=1S/C34H37ClN10O3/c1-34(2,3)48-33(46)43-13-11-42(12-14-43)21-24-15-23(17-36)16-28(29(24)35)39-32-40-31(30-38-19-26(18-37)45(30)41-32)44(25-7-8-25)20-22-5-9-27(47-4)10-6-22/h5-6,9-10,15-16,19,25H,7-8,11-14,20-21H2,1-4H3,(H,39,41). The molecule has 14 heteroatoms. The summed E-state index contributed by atoms with van der Waals surface area (Å²) in [5.74, 6) is 1.57. The Kier molecular flexibility index (Phi) is 9.27. The summed E-state index contributed by atoms with van der Waals surface area (Å²) in [6, 6.07) is 16.0. The Morgan fingerprint density at radius 2 is 1.83 bits per heavy atom. The van der Waals surface area contributed by atoms with Crippen LogP contribution in [0.1, 0.15) is 56.0 Å². The van der Waals surface area contributed by atoms with E-state index in [1.54, 1.807) is 24.1 Å². The fourth-order valence-electron chi connectivity index (χ4n) is 5.61. The number of piperazine rings is 1. The van der Waals surface area contributed by atoms with Gasteiger partial charge in [-0.2, -0.15) is 20.0 Å². The summed E-state index contributed by atoms with van der Waals surface area (Å²) in [7, 11) is 1.64. The van der Waals surface area contributed by atoms with E-state index in [4.69, 9.17) is 26.1 Å². The molecule has 4 aromatic rings. The van der Waals surface area contributed by atoms with Gasteiger partial charge in [0.15, 0.2) is 17.2 Å². The number of hydrogen-bond donors (Lipinski definition) is 1. The maximum absolute atomic E-state index is 12.5. The molecule has 2 aromatic heterocycles. The molecule has 1 aliphatic carbocycles. The molecule has 1 saturated carbocycles. The Morgan fingerprint density at radius 1 is 1.10 bits per heavy atom. The first-order valence-electron chi connectivity index (χ1n) is 15.8. The molecule has 48 heavy (non-hydrogen) atoms. The smallest absolute Gasteiger partial charge is 0.410 e. The lowest BCUT2D eigenvalue weighted by Gasteiger charge is -2.35. The van der Waals surface area contributed by atoms with Crippen molar-refractivity contribution in [2.24, 2.45) is 0 Å². The van der Waals surface area contributed by atoms with Crippen molar-refractivity contribution in [2.75, 3.05) is 43.5 Å². The molecule has 1 amide bonds. The van der Waals surface area contributed by atoms with Crippen LogP contribution in [0.25, 0.3) is 5.65 Å². The predicted molar refractivity (Wildman–Crippen MR) is 180 cm³/mol. The summed E-state index contributed by atoms with van der Waals surface area (Å²) >= 11 is 6.98. The summed E-state index contributed by atoms with van der Waals surface area (Å²) in [5, 5.41) is 28.0. The zero-order valence-electron chi connectivity index (χ0n) is 27.4. The van der Waals surface area contributed by atoms with Gasteiger partial charge in [0.2, 0.25) is 5.95 Å². The fourth-order valence-corrected chi connectivity index (χ4v) is 5.83. The zero-order valence-corrected chi connectivity index (χ0v) is 28.2. The number of anilines is 3. The lowest BCUT2D eigenvalue weighted by atomic mass is 10.1. The van der Waals surface area contributed by atoms with Crippen LogP contribution in [0.15, 0.2) is 42.6 Å². The van der Waals surface area contributed by atoms with Crippen molar-refractivity contribution in [3.05, 3.63) is 70.0 Å². The molecule has 0 radical (unpaired) electrons. The van der Waals surface area contributed by atoms with Gasteiger partial charge >= 0.3 is 6.09 Å². The highest BCUT2D eigenvalue weighted by Crippen LogP contribution is 2.36. The third-order valence-electron chi connectivity index (χ3n) is 8.17. The van der Waals surface area contributed by atoms with Crippen molar-refractivity contribution < 1.29 is 14.3 Å². The molecule has 0 unspecified atom stereocenters. The van der Waals surface area contributed by atoms with Crippen LogP contribution >= 0.6 is 11.6 Å². The number of ether oxygens (including phenoxy) is 2. The SMILES string of the molecule is COc1ccc(CN(c2nc(Nc3cc(C#N)cc(CN4CCN(C(=O)OC(C)(C)C)CC4)c3Cl)nn3c(C#N)cnc23)C2CC2)cc1. The molecule has 1 N–H and O–H groups in total. The summed E-state index contributed by atoms with van der Waals surface area (Å²) in [4.78, 5) is 28.0. The number of hydrogen-bond acceptors (Lipinski definition) is 11. The molecular weight excluding hydrogens is 632 g/mol. The average molecular weight is 669 g/mol. The number of nitrogens with zero attached hydrogens (tertiary/aromatic N) is 9. The second kappa shape index (κ2) is 13.6. The molecular formula is C34H37ClN10O3. The van der Waals surface area contributed by atoms with Gasteiger partial charge in [-0.25, -0.2) is 9.78 Å². The molecule has 0 atom stereocenters. The van der Waals surface area contributed by atoms with Crippen molar-refractivity contribution in [3.63, 3.8) is 0 Å². The molecule has 2 aliphatic rings. The van der Waals surface area contributed by atoms with Crippen LogP contribution in [0, 0.1) is 22.7 Å². The molecule has 2 aromatic carbocycles. The lowest BCUT2D eigenvalue weighted by Crippen LogP contribution is -2.49. The fraction of sp³-hybridized carbons (Fsp3) is 0.412. The number of nitriles is 2. The number of imidazole rings is 1. The van der Waals surface area contributed by atoms with Gasteiger partial charge in [0, 0.05) is 45.3 Å². The summed E-state index contributed by atoms with van der Waals surface area (Å²) in [5.41, 5.74) is 2.89. The van der Waals surface area contributed by atoms with E-state index in [9.17, 15) is 15.3 Å². The number of methoxy groups -OCH3 is 1. The molecule has 0 bridgehead atoms. The minimum absolute atomic E-state index is 0.210. The van der Waals surface area contributed by atoms with Gasteiger partial charge in [-0.05, 0) is 69.0 Å². The molecule has 1 aliphatic heterocycles. The predicted octanol–water partition coefficient (Wildman–Crippen LogP) is 5.49. The molecule has 13 nitrogen and oxygen atoms in total.